The maximum absolute atomic E-state index is 13.1. The van der Waals surface area contributed by atoms with Crippen LogP contribution in [0.15, 0.2) is 30.3 Å². The van der Waals surface area contributed by atoms with E-state index in [1.54, 1.807) is 0 Å². The van der Waals surface area contributed by atoms with E-state index in [4.69, 9.17) is 0 Å². The van der Waals surface area contributed by atoms with Gasteiger partial charge in [-0.05, 0) is 31.8 Å². The highest BCUT2D eigenvalue weighted by molar-refractivity contribution is 7.83. The Bertz CT molecular complexity index is 360. The summed E-state index contributed by atoms with van der Waals surface area (Å²) in [7, 11) is -1.01. The minimum absolute atomic E-state index is 0.0516. The Hall–Kier alpha value is -0.700. The molecule has 0 saturated carbocycles. The summed E-state index contributed by atoms with van der Waals surface area (Å²) in [6.45, 7) is 9.13. The Balaban J connectivity index is 2.47. The molecule has 1 heterocycles. The summed E-state index contributed by atoms with van der Waals surface area (Å²) in [6.07, 6.45) is 4.21. The van der Waals surface area contributed by atoms with E-state index in [0.29, 0.717) is 12.3 Å². The maximum atomic E-state index is 13.1. The topological polar surface area (TPSA) is 20.3 Å². The first-order valence-corrected chi connectivity index (χ1v) is 7.08. The summed E-state index contributed by atoms with van der Waals surface area (Å²) in [5, 5.41) is -0.0516. The highest BCUT2D eigenvalue weighted by Crippen LogP contribution is 2.20. The second-order valence-corrected chi connectivity index (χ2v) is 6.42. The molecule has 1 aliphatic rings. The lowest BCUT2D eigenvalue weighted by Crippen LogP contribution is -2.29. The third kappa shape index (κ3) is 4.58. The number of nitrogens with zero attached hydrogens (tertiary/aromatic N) is 1. The van der Waals surface area contributed by atoms with E-state index in [2.05, 4.69) is 19.2 Å². The van der Waals surface area contributed by atoms with E-state index in [1.807, 2.05) is 11.2 Å². The van der Waals surface area contributed by atoms with Crippen LogP contribution in [0.4, 0.5) is 4.39 Å². The normalized spacial score (nSPS) is 25.4. The summed E-state index contributed by atoms with van der Waals surface area (Å²) in [5.41, 5.74) is 2.38. The molecule has 4 heteroatoms. The summed E-state index contributed by atoms with van der Waals surface area (Å²) in [5.74, 6) is 0.251. The number of halogens is 1. The molecule has 17 heavy (non-hydrogen) atoms. The van der Waals surface area contributed by atoms with Crippen molar-refractivity contribution in [2.75, 3.05) is 13.1 Å². The van der Waals surface area contributed by atoms with E-state index in [0.717, 1.165) is 19.5 Å². The fourth-order valence-electron chi connectivity index (χ4n) is 1.83. The fourth-order valence-corrected chi connectivity index (χ4v) is 3.29. The number of allylic oxidation sites excluding steroid dienone is 3. The first kappa shape index (κ1) is 14.4. The molecule has 0 bridgehead atoms. The number of hydrogen-bond donors (Lipinski definition) is 0. The van der Waals surface area contributed by atoms with Gasteiger partial charge in [-0.15, -0.1) is 5.73 Å². The minimum atomic E-state index is -1.01. The van der Waals surface area contributed by atoms with Crippen LogP contribution in [-0.4, -0.2) is 26.9 Å². The molecule has 0 aliphatic carbocycles. The molecule has 0 N–H and O–H groups in total. The third-order valence-electron chi connectivity index (χ3n) is 2.87. The molecule has 0 aromatic rings. The van der Waals surface area contributed by atoms with Gasteiger partial charge in [0.2, 0.25) is 0 Å². The van der Waals surface area contributed by atoms with Crippen molar-refractivity contribution in [3.05, 3.63) is 30.3 Å². The molecule has 1 rings (SSSR count). The Morgan fingerprint density at radius 1 is 1.76 bits per heavy atom. The molecule has 96 valence electrons. The van der Waals surface area contributed by atoms with Gasteiger partial charge >= 0.3 is 0 Å². The SMILES string of the molecule is C=C=C/C(F)=C\CC(C)S(=O)N1CCC(C)C1. The van der Waals surface area contributed by atoms with Crippen LogP contribution in [0.1, 0.15) is 26.7 Å². The predicted molar refractivity (Wildman–Crippen MR) is 70.5 cm³/mol. The van der Waals surface area contributed by atoms with E-state index in [1.165, 1.54) is 12.2 Å². The van der Waals surface area contributed by atoms with Crippen LogP contribution >= 0.6 is 0 Å². The van der Waals surface area contributed by atoms with Crippen molar-refractivity contribution in [2.24, 2.45) is 5.92 Å². The number of hydrogen-bond acceptors (Lipinski definition) is 1. The second-order valence-electron chi connectivity index (χ2n) is 4.54. The van der Waals surface area contributed by atoms with E-state index >= 15 is 0 Å². The summed E-state index contributed by atoms with van der Waals surface area (Å²) >= 11 is 0. The van der Waals surface area contributed by atoms with Gasteiger partial charge in [0.15, 0.2) is 0 Å². The molecule has 2 nitrogen and oxygen atoms in total. The lowest BCUT2D eigenvalue weighted by Gasteiger charge is -2.18. The average molecular weight is 257 g/mol. The smallest absolute Gasteiger partial charge is 0.126 e. The second kappa shape index (κ2) is 6.90. The van der Waals surface area contributed by atoms with Crippen molar-refractivity contribution in [3.63, 3.8) is 0 Å². The lowest BCUT2D eigenvalue weighted by molar-refractivity contribution is 0.506. The zero-order valence-corrected chi connectivity index (χ0v) is 11.3. The third-order valence-corrected chi connectivity index (χ3v) is 4.59. The summed E-state index contributed by atoms with van der Waals surface area (Å²) < 4.78 is 27.2. The largest absolute Gasteiger partial charge is 0.242 e. The van der Waals surface area contributed by atoms with Crippen molar-refractivity contribution in [3.8, 4) is 0 Å². The van der Waals surface area contributed by atoms with Crippen molar-refractivity contribution >= 4 is 11.0 Å². The van der Waals surface area contributed by atoms with Crippen molar-refractivity contribution in [1.82, 2.24) is 4.31 Å². The van der Waals surface area contributed by atoms with Crippen molar-refractivity contribution < 1.29 is 8.60 Å². The van der Waals surface area contributed by atoms with Crippen LogP contribution in [0.3, 0.4) is 0 Å². The molecule has 1 aliphatic heterocycles. The maximum Gasteiger partial charge on any atom is 0.126 e. The molecule has 3 atom stereocenters. The van der Waals surface area contributed by atoms with Crippen LogP contribution in [0, 0.1) is 5.92 Å². The monoisotopic (exact) mass is 257 g/mol. The minimum Gasteiger partial charge on any atom is -0.242 e. The van der Waals surface area contributed by atoms with Gasteiger partial charge in [-0.25, -0.2) is 12.9 Å². The highest BCUT2D eigenvalue weighted by Gasteiger charge is 2.25. The van der Waals surface area contributed by atoms with Gasteiger partial charge in [0, 0.05) is 19.2 Å². The Labute approximate surface area is 105 Å². The summed E-state index contributed by atoms with van der Waals surface area (Å²) in [6, 6.07) is 0. The van der Waals surface area contributed by atoms with E-state index in [9.17, 15) is 8.60 Å². The van der Waals surface area contributed by atoms with Gasteiger partial charge in [0.25, 0.3) is 0 Å². The highest BCUT2D eigenvalue weighted by atomic mass is 32.2. The molecule has 0 amide bonds. The first-order valence-electron chi connectivity index (χ1n) is 5.91. The van der Waals surface area contributed by atoms with E-state index < -0.39 is 11.0 Å². The molecule has 0 aromatic carbocycles. The first-order chi connectivity index (χ1) is 8.04. The zero-order chi connectivity index (χ0) is 12.8. The standard InChI is InChI=1S/C13H20FNOS/c1-4-5-13(14)7-6-12(3)17(16)15-9-8-11(2)10-15/h5,7,11-12H,1,6,8-10H2,2-3H3/b13-7+. The molecular weight excluding hydrogens is 237 g/mol. The van der Waals surface area contributed by atoms with E-state index in [-0.39, 0.29) is 11.1 Å². The molecule has 0 spiro atoms. The van der Waals surface area contributed by atoms with Gasteiger partial charge < -0.3 is 0 Å². The predicted octanol–water partition coefficient (Wildman–Crippen LogP) is 2.97. The summed E-state index contributed by atoms with van der Waals surface area (Å²) in [4.78, 5) is 0. The van der Waals surface area contributed by atoms with Crippen LogP contribution in [0.2, 0.25) is 0 Å². The van der Waals surface area contributed by atoms with Crippen molar-refractivity contribution in [1.29, 1.82) is 0 Å². The molecule has 0 radical (unpaired) electrons. The fraction of sp³-hybridized carbons (Fsp3) is 0.615. The Kier molecular flexibility index (Phi) is 5.83. The van der Waals surface area contributed by atoms with Crippen LogP contribution in [-0.2, 0) is 11.0 Å². The molecular formula is C13H20FNOS. The molecule has 0 aromatic heterocycles. The number of rotatable bonds is 5. The van der Waals surface area contributed by atoms with Gasteiger partial charge in [-0.1, -0.05) is 13.5 Å². The van der Waals surface area contributed by atoms with Crippen LogP contribution in [0.25, 0.3) is 0 Å². The Morgan fingerprint density at radius 3 is 3.00 bits per heavy atom. The van der Waals surface area contributed by atoms with Crippen LogP contribution < -0.4 is 0 Å². The van der Waals surface area contributed by atoms with Gasteiger partial charge in [-0.3, -0.25) is 0 Å². The van der Waals surface area contributed by atoms with Gasteiger partial charge in [-0.2, -0.15) is 0 Å². The zero-order valence-electron chi connectivity index (χ0n) is 10.5. The molecule has 1 fully saturated rings. The molecule has 3 unspecified atom stereocenters. The lowest BCUT2D eigenvalue weighted by atomic mass is 10.2. The average Bonchev–Trinajstić information content (AvgIpc) is 2.72. The van der Waals surface area contributed by atoms with Crippen molar-refractivity contribution in [2.45, 2.75) is 31.9 Å². The molecule has 1 saturated heterocycles. The Morgan fingerprint density at radius 2 is 2.47 bits per heavy atom. The quantitative estimate of drug-likeness (QED) is 0.548. The van der Waals surface area contributed by atoms with Crippen LogP contribution in [0.5, 0.6) is 0 Å². The van der Waals surface area contributed by atoms with Gasteiger partial charge in [0.05, 0.1) is 16.2 Å². The van der Waals surface area contributed by atoms with Gasteiger partial charge in [0.1, 0.15) is 5.83 Å².